The minimum Gasteiger partial charge on any atom is -0.481 e. The summed E-state index contributed by atoms with van der Waals surface area (Å²) in [6.45, 7) is 1.87. The summed E-state index contributed by atoms with van der Waals surface area (Å²) in [4.78, 5) is 11.2. The number of rotatable bonds is 4. The van der Waals surface area contributed by atoms with Crippen LogP contribution in [-0.4, -0.2) is 32.6 Å². The normalized spacial score (nSPS) is 18.7. The van der Waals surface area contributed by atoms with E-state index < -0.39 is 22.1 Å². The molecule has 1 aromatic rings. The fourth-order valence-electron chi connectivity index (χ4n) is 2.07. The van der Waals surface area contributed by atoms with Gasteiger partial charge in [-0.05, 0) is 11.6 Å². The van der Waals surface area contributed by atoms with Gasteiger partial charge in [-0.15, -0.1) is 0 Å². The molecule has 0 saturated heterocycles. The lowest BCUT2D eigenvalue weighted by Gasteiger charge is -2.19. The molecule has 1 aliphatic heterocycles. The van der Waals surface area contributed by atoms with Gasteiger partial charge in [0, 0.05) is 6.54 Å². The van der Waals surface area contributed by atoms with E-state index in [0.717, 1.165) is 4.31 Å². The van der Waals surface area contributed by atoms with E-state index >= 15 is 0 Å². The van der Waals surface area contributed by atoms with Crippen LogP contribution in [0.15, 0.2) is 24.3 Å². The average Bonchev–Trinajstić information content (AvgIpc) is 2.69. The predicted octanol–water partition coefficient (Wildman–Crippen LogP) is 0.529. The summed E-state index contributed by atoms with van der Waals surface area (Å²) >= 11 is 0. The third-order valence-corrected chi connectivity index (χ3v) is 4.42. The number of hydrogen-bond acceptors (Lipinski definition) is 3. The fraction of sp³-hybridized carbons (Fsp3) is 0.364. The summed E-state index contributed by atoms with van der Waals surface area (Å²) in [5, 5.41) is 9.13. The van der Waals surface area contributed by atoms with Crippen molar-refractivity contribution in [3.05, 3.63) is 29.8 Å². The molecule has 2 rings (SSSR count). The van der Waals surface area contributed by atoms with Gasteiger partial charge in [0.25, 0.3) is 0 Å². The standard InChI is InChI=1S/C11H14N2O4S/c1-2-12-18(16,17)13-7-9(11(14)15)8-5-3-4-6-10(8)13/h3-6,9,12H,2,7H2,1H3,(H,14,15). The quantitative estimate of drug-likeness (QED) is 0.835. The van der Waals surface area contributed by atoms with Crippen molar-refractivity contribution in [1.29, 1.82) is 0 Å². The Morgan fingerprint density at radius 2 is 2.17 bits per heavy atom. The highest BCUT2D eigenvalue weighted by Gasteiger charge is 2.38. The Kier molecular flexibility index (Phi) is 3.27. The van der Waals surface area contributed by atoms with E-state index in [2.05, 4.69) is 4.72 Å². The Morgan fingerprint density at radius 3 is 2.78 bits per heavy atom. The molecule has 0 radical (unpaired) electrons. The van der Waals surface area contributed by atoms with Gasteiger partial charge < -0.3 is 5.11 Å². The maximum absolute atomic E-state index is 12.0. The second-order valence-electron chi connectivity index (χ2n) is 3.98. The Labute approximate surface area is 105 Å². The highest BCUT2D eigenvalue weighted by atomic mass is 32.2. The molecule has 2 N–H and O–H groups in total. The molecule has 0 spiro atoms. The maximum atomic E-state index is 12.0. The first-order valence-electron chi connectivity index (χ1n) is 5.56. The summed E-state index contributed by atoms with van der Waals surface area (Å²) in [6, 6.07) is 6.67. The highest BCUT2D eigenvalue weighted by molar-refractivity contribution is 7.90. The molecule has 0 amide bonds. The van der Waals surface area contributed by atoms with Crippen LogP contribution in [0, 0.1) is 0 Å². The lowest BCUT2D eigenvalue weighted by molar-refractivity contribution is -0.138. The molecule has 0 aliphatic carbocycles. The van der Waals surface area contributed by atoms with Crippen LogP contribution >= 0.6 is 0 Å². The molecular formula is C11H14N2O4S. The van der Waals surface area contributed by atoms with Crippen LogP contribution in [0.25, 0.3) is 0 Å². The molecule has 1 aromatic carbocycles. The molecule has 0 fully saturated rings. The molecule has 0 aromatic heterocycles. The zero-order valence-corrected chi connectivity index (χ0v) is 10.6. The van der Waals surface area contributed by atoms with Crippen LogP contribution < -0.4 is 9.03 Å². The predicted molar refractivity (Wildman–Crippen MR) is 66.8 cm³/mol. The molecule has 18 heavy (non-hydrogen) atoms. The summed E-state index contributed by atoms with van der Waals surface area (Å²) < 4.78 is 27.5. The van der Waals surface area contributed by atoms with Gasteiger partial charge >= 0.3 is 16.2 Å². The first-order valence-corrected chi connectivity index (χ1v) is 7.00. The molecular weight excluding hydrogens is 256 g/mol. The lowest BCUT2D eigenvalue weighted by atomic mass is 10.0. The van der Waals surface area contributed by atoms with Gasteiger partial charge in [-0.1, -0.05) is 25.1 Å². The third-order valence-electron chi connectivity index (χ3n) is 2.84. The van der Waals surface area contributed by atoms with E-state index in [-0.39, 0.29) is 13.1 Å². The third kappa shape index (κ3) is 2.06. The number of hydrogen-bond donors (Lipinski definition) is 2. The first kappa shape index (κ1) is 12.8. The van der Waals surface area contributed by atoms with E-state index in [1.165, 1.54) is 0 Å². The van der Waals surface area contributed by atoms with Gasteiger partial charge in [-0.3, -0.25) is 9.10 Å². The molecule has 0 saturated carbocycles. The van der Waals surface area contributed by atoms with E-state index in [9.17, 15) is 13.2 Å². The lowest BCUT2D eigenvalue weighted by Crippen LogP contribution is -2.40. The van der Waals surface area contributed by atoms with Gasteiger partial charge in [0.1, 0.15) is 5.92 Å². The largest absolute Gasteiger partial charge is 0.481 e. The topological polar surface area (TPSA) is 86.7 Å². The number of carboxylic acid groups (broad SMARTS) is 1. The monoisotopic (exact) mass is 270 g/mol. The number of benzene rings is 1. The summed E-state index contributed by atoms with van der Waals surface area (Å²) in [5.41, 5.74) is 0.970. The van der Waals surface area contributed by atoms with Crippen LogP contribution in [0.4, 0.5) is 5.69 Å². The number of para-hydroxylation sites is 1. The number of aliphatic carboxylic acids is 1. The number of anilines is 1. The first-order chi connectivity index (χ1) is 8.47. The molecule has 7 heteroatoms. The van der Waals surface area contributed by atoms with Crippen LogP contribution in [0.5, 0.6) is 0 Å². The summed E-state index contributed by atoms with van der Waals surface area (Å²) in [5.74, 6) is -1.83. The number of carboxylic acids is 1. The summed E-state index contributed by atoms with van der Waals surface area (Å²) in [6.07, 6.45) is 0. The van der Waals surface area contributed by atoms with Gasteiger partial charge in [0.15, 0.2) is 0 Å². The molecule has 98 valence electrons. The zero-order valence-electron chi connectivity index (χ0n) is 9.83. The van der Waals surface area contributed by atoms with Crippen molar-refractivity contribution in [2.45, 2.75) is 12.8 Å². The van der Waals surface area contributed by atoms with Crippen LogP contribution in [0.2, 0.25) is 0 Å². The van der Waals surface area contributed by atoms with Crippen molar-refractivity contribution in [3.8, 4) is 0 Å². The van der Waals surface area contributed by atoms with Gasteiger partial charge in [0.2, 0.25) is 0 Å². The molecule has 1 atom stereocenters. The second kappa shape index (κ2) is 4.58. The smallest absolute Gasteiger partial charge is 0.312 e. The Hall–Kier alpha value is -1.60. The molecule has 1 heterocycles. The average molecular weight is 270 g/mol. The number of carbonyl (C=O) groups is 1. The van der Waals surface area contributed by atoms with Crippen molar-refractivity contribution < 1.29 is 18.3 Å². The van der Waals surface area contributed by atoms with Gasteiger partial charge in [-0.25, -0.2) is 0 Å². The maximum Gasteiger partial charge on any atom is 0.312 e. The Balaban J connectivity index is 2.46. The zero-order chi connectivity index (χ0) is 13.3. The second-order valence-corrected chi connectivity index (χ2v) is 5.66. The SMILES string of the molecule is CCNS(=O)(=O)N1CC(C(=O)O)c2ccccc21. The van der Waals surface area contributed by atoms with Crippen molar-refractivity contribution in [2.24, 2.45) is 0 Å². The summed E-state index contributed by atoms with van der Waals surface area (Å²) in [7, 11) is -3.67. The Bertz CT molecular complexity index is 570. The number of nitrogens with one attached hydrogen (secondary N) is 1. The van der Waals surface area contributed by atoms with Crippen LogP contribution in [0.3, 0.4) is 0 Å². The number of nitrogens with zero attached hydrogens (tertiary/aromatic N) is 1. The van der Waals surface area contributed by atoms with Crippen molar-refractivity contribution in [3.63, 3.8) is 0 Å². The molecule has 1 aliphatic rings. The van der Waals surface area contributed by atoms with Crippen molar-refractivity contribution in [2.75, 3.05) is 17.4 Å². The van der Waals surface area contributed by atoms with E-state index in [0.29, 0.717) is 11.3 Å². The minimum absolute atomic E-state index is 0.0655. The molecule has 1 unspecified atom stereocenters. The van der Waals surface area contributed by atoms with Crippen LogP contribution in [-0.2, 0) is 15.0 Å². The number of fused-ring (bicyclic) bond motifs is 1. The van der Waals surface area contributed by atoms with E-state index in [1.54, 1.807) is 31.2 Å². The molecule has 0 bridgehead atoms. The highest BCUT2D eigenvalue weighted by Crippen LogP contribution is 2.37. The van der Waals surface area contributed by atoms with E-state index in [1.807, 2.05) is 0 Å². The van der Waals surface area contributed by atoms with Crippen molar-refractivity contribution >= 4 is 21.9 Å². The van der Waals surface area contributed by atoms with Gasteiger partial charge in [0.05, 0.1) is 12.2 Å². The fourth-order valence-corrected chi connectivity index (χ4v) is 3.36. The molecule has 6 nitrogen and oxygen atoms in total. The van der Waals surface area contributed by atoms with Gasteiger partial charge in [-0.2, -0.15) is 13.1 Å². The van der Waals surface area contributed by atoms with Crippen molar-refractivity contribution in [1.82, 2.24) is 4.72 Å². The van der Waals surface area contributed by atoms with E-state index in [4.69, 9.17) is 5.11 Å². The minimum atomic E-state index is -3.67. The Morgan fingerprint density at radius 1 is 1.50 bits per heavy atom. The van der Waals surface area contributed by atoms with Crippen LogP contribution in [0.1, 0.15) is 18.4 Å².